The summed E-state index contributed by atoms with van der Waals surface area (Å²) in [6, 6.07) is 19.9. The monoisotopic (exact) mass is 556 g/mol. The van der Waals surface area contributed by atoms with Gasteiger partial charge in [0, 0.05) is 18.2 Å². The van der Waals surface area contributed by atoms with Crippen molar-refractivity contribution in [2.24, 2.45) is 0 Å². The van der Waals surface area contributed by atoms with E-state index in [9.17, 15) is 0 Å². The van der Waals surface area contributed by atoms with Gasteiger partial charge in [0.05, 0.1) is 6.61 Å². The van der Waals surface area contributed by atoms with Crippen molar-refractivity contribution in [3.05, 3.63) is 82.8 Å². The molecule has 0 amide bonds. The van der Waals surface area contributed by atoms with Crippen molar-refractivity contribution >= 4 is 5.65 Å². The number of nitrogens with one attached hydrogen (secondary N) is 1. The van der Waals surface area contributed by atoms with E-state index in [4.69, 9.17) is 4.74 Å². The Morgan fingerprint density at radius 3 is 1.98 bits per heavy atom. The van der Waals surface area contributed by atoms with E-state index in [2.05, 4.69) is 90.5 Å². The fourth-order valence-corrected chi connectivity index (χ4v) is 5.42. The minimum absolute atomic E-state index is 0.492. The molecule has 1 unspecified atom stereocenters. The molecule has 2 heterocycles. The van der Waals surface area contributed by atoms with Crippen LogP contribution in [-0.2, 0) is 19.3 Å². The highest BCUT2D eigenvalue weighted by Gasteiger charge is 2.11. The number of hydrogen-bond donors (Lipinski definition) is 1. The molecule has 0 fully saturated rings. The summed E-state index contributed by atoms with van der Waals surface area (Å²) in [4.78, 5) is 4.65. The Morgan fingerprint density at radius 2 is 1.34 bits per heavy atom. The van der Waals surface area contributed by atoms with E-state index in [0.717, 1.165) is 42.9 Å². The van der Waals surface area contributed by atoms with Crippen LogP contribution < -0.4 is 4.74 Å². The number of fused-ring (bicyclic) bond motifs is 1. The second-order valence-corrected chi connectivity index (χ2v) is 11.8. The minimum Gasteiger partial charge on any atom is -0.494 e. The number of nitrogens with zero attached hydrogens (tertiary/aromatic N) is 3. The van der Waals surface area contributed by atoms with Crippen LogP contribution in [0, 0.1) is 0 Å². The first kappa shape index (κ1) is 30.9. The second kappa shape index (κ2) is 17.0. The molecule has 0 spiro atoms. The highest BCUT2D eigenvalue weighted by atomic mass is 16.5. The normalized spacial score (nSPS) is 12.3. The van der Waals surface area contributed by atoms with Crippen molar-refractivity contribution in [2.75, 3.05) is 6.61 Å². The van der Waals surface area contributed by atoms with Crippen molar-refractivity contribution in [1.29, 1.82) is 0 Å². The molecule has 5 heteroatoms. The van der Waals surface area contributed by atoms with Crippen molar-refractivity contribution in [3.8, 4) is 5.75 Å². The molecule has 4 aromatic rings. The molecule has 0 aliphatic carbocycles. The molecule has 2 aromatic carbocycles. The largest absolute Gasteiger partial charge is 0.494 e. The molecule has 0 radical (unpaired) electrons. The third-order valence-electron chi connectivity index (χ3n) is 8.33. The van der Waals surface area contributed by atoms with Gasteiger partial charge in [0.2, 0.25) is 0 Å². The van der Waals surface area contributed by atoms with Crippen LogP contribution in [0.1, 0.15) is 132 Å². The van der Waals surface area contributed by atoms with Crippen LogP contribution >= 0.6 is 0 Å². The van der Waals surface area contributed by atoms with Gasteiger partial charge >= 0.3 is 0 Å². The molecule has 0 aliphatic rings. The molecule has 1 atom stereocenters. The van der Waals surface area contributed by atoms with Crippen LogP contribution in [0.4, 0.5) is 0 Å². The maximum Gasteiger partial charge on any atom is 0.175 e. The number of hydrogen-bond acceptors (Lipinski definition) is 3. The van der Waals surface area contributed by atoms with Gasteiger partial charge in [0.1, 0.15) is 5.75 Å². The molecule has 4 rings (SSSR count). The molecule has 0 saturated carbocycles. The number of ether oxygens (including phenoxy) is 1. The van der Waals surface area contributed by atoms with E-state index < -0.39 is 0 Å². The van der Waals surface area contributed by atoms with Crippen LogP contribution in [0.2, 0.25) is 0 Å². The Labute approximate surface area is 248 Å². The summed E-state index contributed by atoms with van der Waals surface area (Å²) in [5.74, 6) is 2.27. The predicted molar refractivity (Wildman–Crippen MR) is 171 cm³/mol. The summed E-state index contributed by atoms with van der Waals surface area (Å²) in [5, 5.41) is 7.92. The molecule has 41 heavy (non-hydrogen) atoms. The average molecular weight is 557 g/mol. The highest BCUT2D eigenvalue weighted by Crippen LogP contribution is 2.19. The summed E-state index contributed by atoms with van der Waals surface area (Å²) in [6.07, 6.45) is 18.9. The van der Waals surface area contributed by atoms with Crippen LogP contribution in [0.3, 0.4) is 0 Å². The predicted octanol–water partition coefficient (Wildman–Crippen LogP) is 9.64. The van der Waals surface area contributed by atoms with E-state index in [1.807, 2.05) is 0 Å². The number of unbranched alkanes of at least 4 members (excludes halogenated alkanes) is 9. The van der Waals surface area contributed by atoms with Crippen LogP contribution in [0.5, 0.6) is 5.75 Å². The third-order valence-corrected chi connectivity index (χ3v) is 8.33. The van der Waals surface area contributed by atoms with E-state index >= 15 is 0 Å². The molecule has 222 valence electrons. The van der Waals surface area contributed by atoms with E-state index in [-0.39, 0.29) is 0 Å². The Balaban J connectivity index is 1.08. The molecule has 0 bridgehead atoms. The third kappa shape index (κ3) is 10.4. The molecule has 5 nitrogen and oxygen atoms in total. The van der Waals surface area contributed by atoms with Crippen molar-refractivity contribution in [3.63, 3.8) is 0 Å². The maximum absolute atomic E-state index is 5.99. The molecule has 2 aromatic heterocycles. The Bertz CT molecular complexity index is 1220. The van der Waals surface area contributed by atoms with Gasteiger partial charge in [-0.05, 0) is 66.8 Å². The lowest BCUT2D eigenvalue weighted by molar-refractivity contribution is 0.310. The molecule has 0 aliphatic heterocycles. The minimum atomic E-state index is 0.492. The molecule has 0 saturated heterocycles. The van der Waals surface area contributed by atoms with Gasteiger partial charge in [-0.15, -0.1) is 5.10 Å². The van der Waals surface area contributed by atoms with Gasteiger partial charge in [-0.2, -0.15) is 4.63 Å². The van der Waals surface area contributed by atoms with Gasteiger partial charge < -0.3 is 4.74 Å². The Hall–Kier alpha value is -3.08. The standard InChI is InChI=1S/C36H52N4O/c1-4-6-7-8-9-10-11-12-13-14-16-30-18-20-31(21-19-30)27-32-22-24-33(25-23-32)41-26-15-17-35-37-36-28-34(29(3)5-2)38-40(36)39-35/h18-25,28-29,38H,4-17,26-27H2,1-3H3. The molecular weight excluding hydrogens is 504 g/mol. The quantitative estimate of drug-likeness (QED) is 0.110. The van der Waals surface area contributed by atoms with Gasteiger partial charge in [-0.1, -0.05) is 115 Å². The highest BCUT2D eigenvalue weighted by molar-refractivity contribution is 5.39. The molecule has 1 N–H and O–H groups in total. The van der Waals surface area contributed by atoms with Crippen LogP contribution in [0.25, 0.3) is 5.65 Å². The lowest BCUT2D eigenvalue weighted by atomic mass is 10.0. The van der Waals surface area contributed by atoms with Crippen LogP contribution in [0.15, 0.2) is 54.6 Å². The zero-order valence-electron chi connectivity index (χ0n) is 25.8. The zero-order valence-corrected chi connectivity index (χ0v) is 25.8. The van der Waals surface area contributed by atoms with Crippen molar-refractivity contribution in [1.82, 2.24) is 19.8 Å². The first-order chi connectivity index (χ1) is 20.1. The summed E-state index contributed by atoms with van der Waals surface area (Å²) < 4.78 is 7.78. The van der Waals surface area contributed by atoms with Gasteiger partial charge in [0.25, 0.3) is 0 Å². The number of aromatic amines is 1. The second-order valence-electron chi connectivity index (χ2n) is 11.8. The van der Waals surface area contributed by atoms with E-state index in [0.29, 0.717) is 12.5 Å². The number of rotatable bonds is 20. The van der Waals surface area contributed by atoms with Gasteiger partial charge in [-0.25, -0.2) is 4.98 Å². The zero-order chi connectivity index (χ0) is 28.7. The fraction of sp³-hybridized carbons (Fsp3) is 0.556. The average Bonchev–Trinajstić information content (AvgIpc) is 3.57. The lowest BCUT2D eigenvalue weighted by Crippen LogP contribution is -2.01. The van der Waals surface area contributed by atoms with E-state index in [1.165, 1.54) is 93.0 Å². The summed E-state index contributed by atoms with van der Waals surface area (Å²) >= 11 is 0. The van der Waals surface area contributed by atoms with E-state index in [1.54, 1.807) is 4.63 Å². The number of H-pyrrole nitrogens is 1. The van der Waals surface area contributed by atoms with Crippen molar-refractivity contribution < 1.29 is 4.74 Å². The van der Waals surface area contributed by atoms with Crippen molar-refractivity contribution in [2.45, 2.75) is 123 Å². The first-order valence-corrected chi connectivity index (χ1v) is 16.4. The van der Waals surface area contributed by atoms with Gasteiger partial charge in [0.15, 0.2) is 11.5 Å². The summed E-state index contributed by atoms with van der Waals surface area (Å²) in [7, 11) is 0. The summed E-state index contributed by atoms with van der Waals surface area (Å²) in [5.41, 5.74) is 6.24. The number of aromatic nitrogens is 4. The smallest absolute Gasteiger partial charge is 0.175 e. The summed E-state index contributed by atoms with van der Waals surface area (Å²) in [6.45, 7) is 7.35. The number of aryl methyl sites for hydroxylation is 2. The topological polar surface area (TPSA) is 55.2 Å². The maximum atomic E-state index is 5.99. The SMILES string of the molecule is CCCCCCCCCCCCc1ccc(Cc2ccc(OCCCc3nc4cc(C(C)CC)[nH]n4n3)cc2)cc1. The van der Waals surface area contributed by atoms with Crippen LogP contribution in [-0.4, -0.2) is 26.4 Å². The fourth-order valence-electron chi connectivity index (χ4n) is 5.42. The Morgan fingerprint density at radius 1 is 0.732 bits per heavy atom. The molecular formula is C36H52N4O. The lowest BCUT2D eigenvalue weighted by Gasteiger charge is -2.08. The van der Waals surface area contributed by atoms with Gasteiger partial charge in [-0.3, -0.25) is 5.10 Å². The number of benzene rings is 2. The first-order valence-electron chi connectivity index (χ1n) is 16.4. The Kier molecular flexibility index (Phi) is 12.8.